The molecule has 184 valence electrons. The number of benzene rings is 2. The molecule has 2 aromatic carbocycles. The third-order valence-corrected chi connectivity index (χ3v) is 7.04. The Hall–Kier alpha value is -4.33. The monoisotopic (exact) mass is 483 g/mol. The van der Waals surface area contributed by atoms with Gasteiger partial charge in [-0.05, 0) is 42.4 Å². The van der Waals surface area contributed by atoms with Gasteiger partial charge in [0.2, 0.25) is 0 Å². The number of carbonyl (C=O) groups excluding carboxylic acids is 2. The molecule has 0 bridgehead atoms. The van der Waals surface area contributed by atoms with E-state index in [2.05, 4.69) is 29.6 Å². The summed E-state index contributed by atoms with van der Waals surface area (Å²) < 4.78 is 7.04. The number of nitrogens with one attached hydrogen (secondary N) is 1. The van der Waals surface area contributed by atoms with Crippen LogP contribution in [0.3, 0.4) is 0 Å². The van der Waals surface area contributed by atoms with Crippen LogP contribution in [-0.2, 0) is 6.54 Å². The molecule has 2 atom stereocenters. The van der Waals surface area contributed by atoms with E-state index in [0.717, 1.165) is 24.0 Å². The third-order valence-electron chi connectivity index (χ3n) is 7.04. The summed E-state index contributed by atoms with van der Waals surface area (Å²) in [6, 6.07) is 14.7. The SMILES string of the molecule is COc1ccccc1C(=O)NCc1ccc(-c2nn(C3CC4C=CC=CC4C3)c(N)c2C(N)=O)cc1. The van der Waals surface area contributed by atoms with Crippen LogP contribution in [0.15, 0.2) is 72.8 Å². The Kier molecular flexibility index (Phi) is 6.33. The largest absolute Gasteiger partial charge is 0.496 e. The zero-order chi connectivity index (χ0) is 25.2. The zero-order valence-electron chi connectivity index (χ0n) is 20.1. The maximum Gasteiger partial charge on any atom is 0.255 e. The summed E-state index contributed by atoms with van der Waals surface area (Å²) in [5, 5.41) is 7.67. The van der Waals surface area contributed by atoms with Crippen LogP contribution >= 0.6 is 0 Å². The maximum absolute atomic E-state index is 12.6. The number of para-hydroxylation sites is 1. The number of amides is 2. The van der Waals surface area contributed by atoms with E-state index in [1.165, 1.54) is 7.11 Å². The van der Waals surface area contributed by atoms with Crippen LogP contribution in [0.25, 0.3) is 11.3 Å². The van der Waals surface area contributed by atoms with Crippen molar-refractivity contribution in [2.45, 2.75) is 25.4 Å². The number of anilines is 1. The number of hydrogen-bond acceptors (Lipinski definition) is 5. The summed E-state index contributed by atoms with van der Waals surface area (Å²) in [5.41, 5.74) is 15.0. The second kappa shape index (κ2) is 9.73. The van der Waals surface area contributed by atoms with Crippen molar-refractivity contribution < 1.29 is 14.3 Å². The van der Waals surface area contributed by atoms with Gasteiger partial charge in [-0.15, -0.1) is 0 Å². The molecule has 1 saturated carbocycles. The number of allylic oxidation sites excluding steroid dienone is 4. The molecule has 2 aliphatic carbocycles. The van der Waals surface area contributed by atoms with Crippen molar-refractivity contribution in [2.24, 2.45) is 17.6 Å². The van der Waals surface area contributed by atoms with Gasteiger partial charge in [0.1, 0.15) is 22.8 Å². The Balaban J connectivity index is 1.34. The van der Waals surface area contributed by atoms with Gasteiger partial charge in [-0.1, -0.05) is 60.7 Å². The number of carbonyl (C=O) groups is 2. The van der Waals surface area contributed by atoms with Crippen molar-refractivity contribution in [3.05, 3.63) is 89.5 Å². The minimum atomic E-state index is -0.600. The molecule has 1 aromatic heterocycles. The highest BCUT2D eigenvalue weighted by Crippen LogP contribution is 2.44. The number of nitrogens with two attached hydrogens (primary N) is 2. The highest BCUT2D eigenvalue weighted by molar-refractivity contribution is 6.03. The maximum atomic E-state index is 12.6. The van der Waals surface area contributed by atoms with Crippen molar-refractivity contribution in [1.82, 2.24) is 15.1 Å². The van der Waals surface area contributed by atoms with E-state index in [1.54, 1.807) is 22.9 Å². The molecule has 5 N–H and O–H groups in total. The van der Waals surface area contributed by atoms with Crippen molar-refractivity contribution in [3.8, 4) is 17.0 Å². The standard InChI is InChI=1S/C28H29N5O3/c1-36-23-9-5-4-8-22(23)28(35)31-16-17-10-12-18(13-11-17)25-24(27(30)34)26(29)33(32-25)21-14-19-6-2-3-7-20(19)15-21/h2-13,19-21H,14-16,29H2,1H3,(H2,30,34)(H,31,35). The van der Waals surface area contributed by atoms with Gasteiger partial charge in [0.05, 0.1) is 18.7 Å². The topological polar surface area (TPSA) is 125 Å². The second-order valence-corrected chi connectivity index (χ2v) is 9.22. The zero-order valence-corrected chi connectivity index (χ0v) is 20.1. The lowest BCUT2D eigenvalue weighted by molar-refractivity contribution is 0.0946. The molecular weight excluding hydrogens is 454 g/mol. The number of ether oxygens (including phenoxy) is 1. The first-order chi connectivity index (χ1) is 17.5. The van der Waals surface area contributed by atoms with Crippen molar-refractivity contribution in [2.75, 3.05) is 12.8 Å². The van der Waals surface area contributed by atoms with E-state index in [4.69, 9.17) is 21.3 Å². The van der Waals surface area contributed by atoms with Crippen LogP contribution in [0.4, 0.5) is 5.82 Å². The number of nitrogens with zero attached hydrogens (tertiary/aromatic N) is 2. The molecule has 36 heavy (non-hydrogen) atoms. The number of primary amides is 1. The quantitative estimate of drug-likeness (QED) is 0.471. The van der Waals surface area contributed by atoms with Crippen LogP contribution in [0.1, 0.15) is 45.2 Å². The van der Waals surface area contributed by atoms with Gasteiger partial charge in [-0.3, -0.25) is 9.59 Å². The van der Waals surface area contributed by atoms with Crippen LogP contribution in [0, 0.1) is 11.8 Å². The van der Waals surface area contributed by atoms with Crippen LogP contribution in [0.5, 0.6) is 5.75 Å². The molecule has 1 heterocycles. The van der Waals surface area contributed by atoms with Gasteiger partial charge in [0.25, 0.3) is 11.8 Å². The Morgan fingerprint density at radius 2 is 1.72 bits per heavy atom. The van der Waals surface area contributed by atoms with Gasteiger partial charge >= 0.3 is 0 Å². The predicted molar refractivity (Wildman–Crippen MR) is 138 cm³/mol. The fourth-order valence-electron chi connectivity index (χ4n) is 5.19. The molecule has 8 heteroatoms. The first kappa shape index (κ1) is 23.4. The predicted octanol–water partition coefficient (Wildman–Crippen LogP) is 3.86. The average molecular weight is 484 g/mol. The summed E-state index contributed by atoms with van der Waals surface area (Å²) in [6.07, 6.45) is 10.4. The van der Waals surface area contributed by atoms with Gasteiger partial charge in [0.15, 0.2) is 0 Å². The summed E-state index contributed by atoms with van der Waals surface area (Å²) >= 11 is 0. The number of hydrogen-bond donors (Lipinski definition) is 3. The van der Waals surface area contributed by atoms with Gasteiger partial charge in [-0.2, -0.15) is 5.10 Å². The fourth-order valence-corrected chi connectivity index (χ4v) is 5.19. The molecule has 2 aliphatic rings. The lowest BCUT2D eigenvalue weighted by atomic mass is 9.92. The molecule has 0 radical (unpaired) electrons. The molecule has 0 saturated heterocycles. The van der Waals surface area contributed by atoms with Gasteiger partial charge < -0.3 is 21.5 Å². The Labute approximate surface area is 209 Å². The average Bonchev–Trinajstić information content (AvgIpc) is 3.48. The van der Waals surface area contributed by atoms with Crippen LogP contribution in [0.2, 0.25) is 0 Å². The smallest absolute Gasteiger partial charge is 0.255 e. The van der Waals surface area contributed by atoms with E-state index in [-0.39, 0.29) is 17.5 Å². The summed E-state index contributed by atoms with van der Waals surface area (Å²) in [4.78, 5) is 24.9. The molecule has 3 aromatic rings. The molecule has 0 aliphatic heterocycles. The normalized spacial score (nSPS) is 20.2. The molecule has 1 fully saturated rings. The first-order valence-corrected chi connectivity index (χ1v) is 12.0. The minimum Gasteiger partial charge on any atom is -0.496 e. The minimum absolute atomic E-state index is 0.101. The highest BCUT2D eigenvalue weighted by Gasteiger charge is 2.36. The number of methoxy groups -OCH3 is 1. The number of fused-ring (bicyclic) bond motifs is 1. The van der Waals surface area contributed by atoms with Crippen molar-refractivity contribution >= 4 is 17.6 Å². The van der Waals surface area contributed by atoms with E-state index >= 15 is 0 Å². The Bertz CT molecular complexity index is 1340. The van der Waals surface area contributed by atoms with Crippen molar-refractivity contribution in [1.29, 1.82) is 0 Å². The number of rotatable bonds is 7. The fraction of sp³-hybridized carbons (Fsp3) is 0.250. The summed E-state index contributed by atoms with van der Waals surface area (Å²) in [6.45, 7) is 0.336. The lowest BCUT2D eigenvalue weighted by Gasteiger charge is -2.12. The van der Waals surface area contributed by atoms with Gasteiger partial charge in [-0.25, -0.2) is 4.68 Å². The molecular formula is C28H29N5O3. The molecule has 2 unspecified atom stereocenters. The molecule has 5 rings (SSSR count). The first-order valence-electron chi connectivity index (χ1n) is 12.0. The van der Waals surface area contributed by atoms with Crippen LogP contribution < -0.4 is 21.5 Å². The molecule has 0 spiro atoms. The second-order valence-electron chi connectivity index (χ2n) is 9.22. The van der Waals surface area contributed by atoms with Gasteiger partial charge in [0, 0.05) is 12.1 Å². The van der Waals surface area contributed by atoms with Crippen LogP contribution in [-0.4, -0.2) is 28.7 Å². The number of nitrogen functional groups attached to an aromatic ring is 1. The number of aromatic nitrogens is 2. The molecule has 8 nitrogen and oxygen atoms in total. The Morgan fingerprint density at radius 1 is 1.06 bits per heavy atom. The summed E-state index contributed by atoms with van der Waals surface area (Å²) in [7, 11) is 1.53. The van der Waals surface area contributed by atoms with E-state index in [1.807, 2.05) is 30.3 Å². The Morgan fingerprint density at radius 3 is 2.36 bits per heavy atom. The van der Waals surface area contributed by atoms with E-state index < -0.39 is 5.91 Å². The van der Waals surface area contributed by atoms with E-state index in [0.29, 0.717) is 41.2 Å². The third kappa shape index (κ3) is 4.37. The van der Waals surface area contributed by atoms with E-state index in [9.17, 15) is 9.59 Å². The van der Waals surface area contributed by atoms with Crippen molar-refractivity contribution in [3.63, 3.8) is 0 Å². The lowest BCUT2D eigenvalue weighted by Crippen LogP contribution is -2.23. The molecule has 2 amide bonds. The summed E-state index contributed by atoms with van der Waals surface area (Å²) in [5.74, 6) is 0.912. The highest BCUT2D eigenvalue weighted by atomic mass is 16.5.